The average Bonchev–Trinajstić information content (AvgIpc) is 3.22. The van der Waals surface area contributed by atoms with Crippen molar-refractivity contribution in [3.63, 3.8) is 0 Å². The summed E-state index contributed by atoms with van der Waals surface area (Å²) in [6.45, 7) is 18.4. The van der Waals surface area contributed by atoms with Gasteiger partial charge in [-0.3, -0.25) is 0 Å². The first-order valence-corrected chi connectivity index (χ1v) is 20.9. The molecule has 0 fully saturated rings. The summed E-state index contributed by atoms with van der Waals surface area (Å²) in [5, 5.41) is 0. The van der Waals surface area contributed by atoms with Crippen molar-refractivity contribution >= 4 is 23.1 Å². The van der Waals surface area contributed by atoms with Gasteiger partial charge in [-0.15, -0.1) is 0 Å². The van der Waals surface area contributed by atoms with Crippen LogP contribution in [0.25, 0.3) is 28.3 Å². The van der Waals surface area contributed by atoms with Crippen molar-refractivity contribution in [2.45, 2.75) is 76.3 Å². The number of rotatable bonds is 5. The molecular formula is C33H39Cl2Zr. The Morgan fingerprint density at radius 1 is 0.806 bits per heavy atom. The van der Waals surface area contributed by atoms with E-state index in [1.807, 2.05) is 0 Å². The summed E-state index contributed by atoms with van der Waals surface area (Å²) in [4.78, 5) is 0. The summed E-state index contributed by atoms with van der Waals surface area (Å²) in [6, 6.07) is 22.7. The molecule has 0 saturated carbocycles. The third kappa shape index (κ3) is 5.50. The topological polar surface area (TPSA) is 0 Å². The molecule has 0 N–H and O–H groups in total. The Bertz CT molecular complexity index is 1240. The fourth-order valence-corrected chi connectivity index (χ4v) is 10.8. The first kappa shape index (κ1) is 27.9. The zero-order chi connectivity index (χ0) is 26.4. The summed E-state index contributed by atoms with van der Waals surface area (Å²) in [5.41, 5.74) is 12.0. The predicted molar refractivity (Wildman–Crippen MR) is 157 cm³/mol. The molecule has 4 rings (SSSR count). The summed E-state index contributed by atoms with van der Waals surface area (Å²) in [5.74, 6) is 0.467. The van der Waals surface area contributed by atoms with Crippen molar-refractivity contribution in [3.8, 4) is 22.3 Å². The van der Waals surface area contributed by atoms with Gasteiger partial charge in [-0.1, -0.05) is 0 Å². The van der Waals surface area contributed by atoms with Crippen LogP contribution in [-0.2, 0) is 30.2 Å². The zero-order valence-corrected chi connectivity index (χ0v) is 26.9. The molecule has 3 aromatic rings. The molecule has 0 bridgehead atoms. The van der Waals surface area contributed by atoms with E-state index in [-0.39, 0.29) is 14.5 Å². The average molecular weight is 598 g/mol. The first-order chi connectivity index (χ1) is 16.8. The minimum absolute atomic E-state index is 0.0499. The van der Waals surface area contributed by atoms with Gasteiger partial charge in [0.1, 0.15) is 0 Å². The first-order valence-electron chi connectivity index (χ1n) is 13.1. The van der Waals surface area contributed by atoms with E-state index in [4.69, 9.17) is 17.0 Å². The van der Waals surface area contributed by atoms with Crippen LogP contribution >= 0.6 is 17.0 Å². The van der Waals surface area contributed by atoms with Gasteiger partial charge in [0.05, 0.1) is 0 Å². The Labute approximate surface area is 233 Å². The molecule has 2 atom stereocenters. The van der Waals surface area contributed by atoms with Crippen molar-refractivity contribution in [2.24, 2.45) is 5.92 Å². The Kier molecular flexibility index (Phi) is 8.18. The van der Waals surface area contributed by atoms with Gasteiger partial charge in [0.15, 0.2) is 0 Å². The van der Waals surface area contributed by atoms with Crippen molar-refractivity contribution in [1.82, 2.24) is 0 Å². The van der Waals surface area contributed by atoms with E-state index < -0.39 is 19.4 Å². The van der Waals surface area contributed by atoms with E-state index in [0.717, 1.165) is 6.42 Å². The van der Waals surface area contributed by atoms with Gasteiger partial charge in [0.2, 0.25) is 0 Å². The molecule has 36 heavy (non-hydrogen) atoms. The molecule has 1 aliphatic carbocycles. The second-order valence-electron chi connectivity index (χ2n) is 12.3. The van der Waals surface area contributed by atoms with E-state index in [0.29, 0.717) is 5.92 Å². The number of hydrogen-bond donors (Lipinski definition) is 0. The van der Waals surface area contributed by atoms with Crippen LogP contribution in [0.2, 0.25) is 0 Å². The molecule has 0 radical (unpaired) electrons. The SMILES string of the molecule is CCC(C)C1=Cc2c(ccc(-c3ccccc3)c2-c2cc(C(C)(C)C)cc(C(C)(C)C)c2)[CH]1[Zr]([Cl])[Cl]. The zero-order valence-electron chi connectivity index (χ0n) is 23.0. The van der Waals surface area contributed by atoms with E-state index in [1.165, 1.54) is 50.1 Å². The molecule has 3 aromatic carbocycles. The molecule has 0 aliphatic heterocycles. The van der Waals surface area contributed by atoms with E-state index in [1.54, 1.807) is 0 Å². The Morgan fingerprint density at radius 3 is 1.89 bits per heavy atom. The molecule has 0 spiro atoms. The molecule has 189 valence electrons. The van der Waals surface area contributed by atoms with Gasteiger partial charge in [-0.2, -0.15) is 0 Å². The van der Waals surface area contributed by atoms with Crippen LogP contribution in [0.5, 0.6) is 0 Å². The van der Waals surface area contributed by atoms with Crippen LogP contribution in [0.3, 0.4) is 0 Å². The minimum atomic E-state index is -2.62. The molecule has 0 heterocycles. The monoisotopic (exact) mass is 595 g/mol. The van der Waals surface area contributed by atoms with Crippen LogP contribution in [0.15, 0.2) is 66.2 Å². The summed E-state index contributed by atoms with van der Waals surface area (Å²) >= 11 is -2.62. The van der Waals surface area contributed by atoms with Gasteiger partial charge in [-0.25, -0.2) is 0 Å². The van der Waals surface area contributed by atoms with E-state index in [2.05, 4.69) is 122 Å². The molecule has 3 heteroatoms. The van der Waals surface area contributed by atoms with Crippen LogP contribution in [0.4, 0.5) is 0 Å². The summed E-state index contributed by atoms with van der Waals surface area (Å²) in [6.07, 6.45) is 3.54. The predicted octanol–water partition coefficient (Wildman–Crippen LogP) is 11.0. The molecular weight excluding hydrogens is 558 g/mol. The molecule has 0 aromatic heterocycles. The van der Waals surface area contributed by atoms with Gasteiger partial charge in [-0.05, 0) is 0 Å². The van der Waals surface area contributed by atoms with Crippen LogP contribution in [-0.4, -0.2) is 0 Å². The fraction of sp³-hybridized carbons (Fsp3) is 0.394. The Balaban J connectivity index is 2.11. The fourth-order valence-electron chi connectivity index (χ4n) is 5.19. The van der Waals surface area contributed by atoms with Gasteiger partial charge >= 0.3 is 235 Å². The Morgan fingerprint density at radius 2 is 1.39 bits per heavy atom. The quantitative estimate of drug-likeness (QED) is 0.274. The van der Waals surface area contributed by atoms with E-state index in [9.17, 15) is 0 Å². The van der Waals surface area contributed by atoms with E-state index >= 15 is 0 Å². The number of benzene rings is 3. The maximum atomic E-state index is 6.85. The second kappa shape index (κ2) is 10.6. The van der Waals surface area contributed by atoms with Crippen LogP contribution in [0, 0.1) is 5.92 Å². The van der Waals surface area contributed by atoms with Gasteiger partial charge in [0, 0.05) is 0 Å². The third-order valence-corrected chi connectivity index (χ3v) is 12.9. The summed E-state index contributed by atoms with van der Waals surface area (Å²) in [7, 11) is 13.7. The normalized spacial score (nSPS) is 16.5. The number of fused-ring (bicyclic) bond motifs is 1. The third-order valence-electron chi connectivity index (χ3n) is 7.67. The molecule has 2 unspecified atom stereocenters. The van der Waals surface area contributed by atoms with Crippen molar-refractivity contribution in [1.29, 1.82) is 0 Å². The second-order valence-corrected chi connectivity index (χ2v) is 21.1. The Hall–Kier alpha value is -1.14. The van der Waals surface area contributed by atoms with Crippen molar-refractivity contribution < 1.29 is 19.4 Å². The summed E-state index contributed by atoms with van der Waals surface area (Å²) < 4.78 is 0.220. The molecule has 0 saturated heterocycles. The van der Waals surface area contributed by atoms with Gasteiger partial charge in [0.25, 0.3) is 0 Å². The number of hydrogen-bond acceptors (Lipinski definition) is 0. The molecule has 0 nitrogen and oxygen atoms in total. The number of halogens is 2. The number of allylic oxidation sites excluding steroid dienone is 1. The van der Waals surface area contributed by atoms with Crippen molar-refractivity contribution in [2.75, 3.05) is 0 Å². The van der Waals surface area contributed by atoms with Crippen LogP contribution < -0.4 is 0 Å². The molecule has 1 aliphatic rings. The van der Waals surface area contributed by atoms with Gasteiger partial charge < -0.3 is 0 Å². The van der Waals surface area contributed by atoms with Crippen LogP contribution in [0.1, 0.15) is 87.7 Å². The maximum absolute atomic E-state index is 6.85. The van der Waals surface area contributed by atoms with Crippen molar-refractivity contribution in [3.05, 3.63) is 88.5 Å². The standard InChI is InChI=1S/C33H39.2ClH.Zr/c1-9-22(2)25-17-24-15-16-29(23-13-11-10-12-14-23)31(30(24)20-25)26-18-27(32(3,4)5)21-28(19-26)33(6,7)8;;;/h10-22H,9H2,1-8H3;2*1H;/q;;;+2/p-2. The molecule has 0 amide bonds.